The molecule has 6 heteroatoms. The molecule has 0 saturated heterocycles. The molecule has 0 unspecified atom stereocenters. The van der Waals surface area contributed by atoms with Gasteiger partial charge in [-0.05, 0) is 31.5 Å². The smallest absolute Gasteiger partial charge is 0.333 e. The second-order valence-corrected chi connectivity index (χ2v) is 4.73. The van der Waals surface area contributed by atoms with Crippen LogP contribution in [0.2, 0.25) is 5.02 Å². The number of halogens is 1. The Labute approximate surface area is 122 Å². The Morgan fingerprint density at radius 2 is 2.15 bits per heavy atom. The number of carbonyl (C=O) groups is 2. The number of rotatable bonds is 5. The Kier molecular flexibility index (Phi) is 5.58. The second kappa shape index (κ2) is 6.96. The molecule has 1 atom stereocenters. The van der Waals surface area contributed by atoms with Crippen LogP contribution in [0.1, 0.15) is 30.6 Å². The predicted octanol–water partition coefficient (Wildman–Crippen LogP) is 2.51. The van der Waals surface area contributed by atoms with Gasteiger partial charge in [0, 0.05) is 10.7 Å². The van der Waals surface area contributed by atoms with E-state index in [0.717, 1.165) is 0 Å². The Morgan fingerprint density at radius 3 is 2.70 bits per heavy atom. The summed E-state index contributed by atoms with van der Waals surface area (Å²) in [6.45, 7) is 6.79. The Morgan fingerprint density at radius 1 is 1.50 bits per heavy atom. The third kappa shape index (κ3) is 4.28. The molecule has 1 aromatic rings. The minimum absolute atomic E-state index is 0.221. The first-order valence-electron chi connectivity index (χ1n) is 6.08. The lowest BCUT2D eigenvalue weighted by Gasteiger charge is -2.16. The van der Waals surface area contributed by atoms with E-state index in [1.54, 1.807) is 19.9 Å². The molecule has 0 aromatic heterocycles. The summed E-state index contributed by atoms with van der Waals surface area (Å²) in [6.07, 6.45) is 0.387. The van der Waals surface area contributed by atoms with Crippen LogP contribution in [0, 0.1) is 0 Å². The van der Waals surface area contributed by atoms with Crippen molar-refractivity contribution in [1.82, 2.24) is 5.32 Å². The number of benzene rings is 1. The highest BCUT2D eigenvalue weighted by Gasteiger charge is 2.22. The maximum Gasteiger partial charge on any atom is 0.333 e. The molecule has 0 bridgehead atoms. The number of anilines is 1. The third-order valence-electron chi connectivity index (χ3n) is 2.53. The fourth-order valence-corrected chi connectivity index (χ4v) is 1.70. The molecule has 0 heterocycles. The maximum absolute atomic E-state index is 12.1. The number of hydrogen-bond donors (Lipinski definition) is 2. The summed E-state index contributed by atoms with van der Waals surface area (Å²) in [4.78, 5) is 23.8. The van der Waals surface area contributed by atoms with Crippen LogP contribution in [-0.4, -0.2) is 17.9 Å². The van der Waals surface area contributed by atoms with E-state index < -0.39 is 17.9 Å². The molecule has 108 valence electrons. The van der Waals surface area contributed by atoms with Gasteiger partial charge in [0.2, 0.25) is 0 Å². The molecule has 0 spiro atoms. The topological polar surface area (TPSA) is 81.4 Å². The standard InChI is InChI=1S/C14H17ClN2O3/c1-4-12(14(19)20-8(2)3)17-13(18)10-7-9(15)5-6-11(10)16/h5-7,12H,2,4,16H2,1,3H3,(H,17,18)/t12-/m0/s1. The van der Waals surface area contributed by atoms with Crippen LogP contribution in [0.15, 0.2) is 30.5 Å². The summed E-state index contributed by atoms with van der Waals surface area (Å²) in [5, 5.41) is 2.95. The zero-order valence-corrected chi connectivity index (χ0v) is 12.2. The predicted molar refractivity (Wildman–Crippen MR) is 78.3 cm³/mol. The van der Waals surface area contributed by atoms with Crippen molar-refractivity contribution in [3.05, 3.63) is 41.1 Å². The van der Waals surface area contributed by atoms with Crippen LogP contribution in [-0.2, 0) is 9.53 Å². The van der Waals surface area contributed by atoms with Crippen LogP contribution >= 0.6 is 11.6 Å². The monoisotopic (exact) mass is 296 g/mol. The van der Waals surface area contributed by atoms with Gasteiger partial charge in [-0.25, -0.2) is 4.79 Å². The van der Waals surface area contributed by atoms with Gasteiger partial charge in [-0.3, -0.25) is 4.79 Å². The average molecular weight is 297 g/mol. The number of esters is 1. The third-order valence-corrected chi connectivity index (χ3v) is 2.77. The Balaban J connectivity index is 2.84. The average Bonchev–Trinajstić information content (AvgIpc) is 2.37. The van der Waals surface area contributed by atoms with Gasteiger partial charge < -0.3 is 15.8 Å². The number of hydrogen-bond acceptors (Lipinski definition) is 4. The summed E-state index contributed by atoms with van der Waals surface area (Å²) in [5.41, 5.74) is 6.22. The van der Waals surface area contributed by atoms with Gasteiger partial charge >= 0.3 is 5.97 Å². The minimum atomic E-state index is -0.766. The van der Waals surface area contributed by atoms with E-state index in [1.807, 2.05) is 0 Å². The number of ether oxygens (including phenoxy) is 1. The van der Waals surface area contributed by atoms with Crippen LogP contribution in [0.4, 0.5) is 5.69 Å². The van der Waals surface area contributed by atoms with Crippen molar-refractivity contribution in [2.24, 2.45) is 0 Å². The first kappa shape index (κ1) is 16.0. The number of amides is 1. The molecule has 1 amide bonds. The molecule has 0 saturated carbocycles. The number of nitrogens with two attached hydrogens (primary N) is 1. The SMILES string of the molecule is C=C(C)OC(=O)[C@H](CC)NC(=O)c1cc(Cl)ccc1N. The van der Waals surface area contributed by atoms with E-state index in [1.165, 1.54) is 12.1 Å². The normalized spacial score (nSPS) is 11.6. The van der Waals surface area contributed by atoms with Gasteiger partial charge in [-0.15, -0.1) is 0 Å². The summed E-state index contributed by atoms with van der Waals surface area (Å²) < 4.78 is 4.89. The Bertz CT molecular complexity index is 543. The molecule has 1 aromatic carbocycles. The molecule has 3 N–H and O–H groups in total. The quantitative estimate of drug-likeness (QED) is 0.497. The second-order valence-electron chi connectivity index (χ2n) is 4.29. The molecule has 0 fully saturated rings. The molecular weight excluding hydrogens is 280 g/mol. The minimum Gasteiger partial charge on any atom is -0.430 e. The number of nitrogen functional groups attached to an aromatic ring is 1. The van der Waals surface area contributed by atoms with Crippen LogP contribution in [0.3, 0.4) is 0 Å². The maximum atomic E-state index is 12.1. The van der Waals surface area contributed by atoms with Crippen molar-refractivity contribution in [1.29, 1.82) is 0 Å². The lowest BCUT2D eigenvalue weighted by atomic mass is 10.1. The molecule has 0 aliphatic rings. The van der Waals surface area contributed by atoms with Crippen molar-refractivity contribution in [3.8, 4) is 0 Å². The van der Waals surface area contributed by atoms with E-state index in [9.17, 15) is 9.59 Å². The van der Waals surface area contributed by atoms with Crippen molar-refractivity contribution in [2.75, 3.05) is 5.73 Å². The summed E-state index contributed by atoms with van der Waals surface area (Å²) >= 11 is 5.82. The van der Waals surface area contributed by atoms with Gasteiger partial charge in [0.1, 0.15) is 6.04 Å². The van der Waals surface area contributed by atoms with Crippen molar-refractivity contribution in [2.45, 2.75) is 26.3 Å². The van der Waals surface area contributed by atoms with Crippen molar-refractivity contribution in [3.63, 3.8) is 0 Å². The van der Waals surface area contributed by atoms with Gasteiger partial charge in [0.15, 0.2) is 0 Å². The number of allylic oxidation sites excluding steroid dienone is 1. The summed E-state index contributed by atoms with van der Waals surface area (Å²) in [5.74, 6) is -0.769. The molecule has 20 heavy (non-hydrogen) atoms. The highest BCUT2D eigenvalue weighted by atomic mass is 35.5. The molecule has 5 nitrogen and oxygen atoms in total. The zero-order valence-electron chi connectivity index (χ0n) is 11.4. The molecule has 0 aliphatic heterocycles. The van der Waals surface area contributed by atoms with Crippen molar-refractivity contribution >= 4 is 29.2 Å². The number of carbonyl (C=O) groups excluding carboxylic acids is 2. The van der Waals surface area contributed by atoms with E-state index in [4.69, 9.17) is 22.1 Å². The zero-order chi connectivity index (χ0) is 15.3. The van der Waals surface area contributed by atoms with Crippen molar-refractivity contribution < 1.29 is 14.3 Å². The van der Waals surface area contributed by atoms with Crippen LogP contribution < -0.4 is 11.1 Å². The summed E-state index contributed by atoms with van der Waals surface area (Å²) in [6, 6.07) is 3.80. The highest BCUT2D eigenvalue weighted by Crippen LogP contribution is 2.18. The molecular formula is C14H17ClN2O3. The lowest BCUT2D eigenvalue weighted by Crippen LogP contribution is -2.41. The molecule has 0 aliphatic carbocycles. The highest BCUT2D eigenvalue weighted by molar-refractivity contribution is 6.31. The van der Waals surface area contributed by atoms with E-state index in [-0.39, 0.29) is 17.0 Å². The van der Waals surface area contributed by atoms with Gasteiger partial charge in [-0.1, -0.05) is 25.1 Å². The van der Waals surface area contributed by atoms with Crippen LogP contribution in [0.25, 0.3) is 0 Å². The first-order valence-corrected chi connectivity index (χ1v) is 6.46. The number of nitrogens with one attached hydrogen (secondary N) is 1. The fraction of sp³-hybridized carbons (Fsp3) is 0.286. The Hall–Kier alpha value is -2.01. The molecule has 1 rings (SSSR count). The van der Waals surface area contributed by atoms with E-state index in [2.05, 4.69) is 11.9 Å². The van der Waals surface area contributed by atoms with E-state index in [0.29, 0.717) is 11.4 Å². The van der Waals surface area contributed by atoms with E-state index >= 15 is 0 Å². The largest absolute Gasteiger partial charge is 0.430 e. The van der Waals surface area contributed by atoms with Gasteiger partial charge in [-0.2, -0.15) is 0 Å². The van der Waals surface area contributed by atoms with Gasteiger partial charge in [0.05, 0.1) is 11.3 Å². The van der Waals surface area contributed by atoms with Gasteiger partial charge in [0.25, 0.3) is 5.91 Å². The van der Waals surface area contributed by atoms with Crippen LogP contribution in [0.5, 0.6) is 0 Å². The lowest BCUT2D eigenvalue weighted by molar-refractivity contribution is -0.141. The first-order chi connectivity index (χ1) is 9.35. The fourth-order valence-electron chi connectivity index (χ4n) is 1.53. The molecule has 0 radical (unpaired) electrons. The summed E-state index contributed by atoms with van der Waals surface area (Å²) in [7, 11) is 0.